The summed E-state index contributed by atoms with van der Waals surface area (Å²) in [7, 11) is 1.45. The van der Waals surface area contributed by atoms with E-state index in [0.717, 1.165) is 54.0 Å². The van der Waals surface area contributed by atoms with Gasteiger partial charge in [0.05, 0.1) is 30.1 Å². The first-order valence-corrected chi connectivity index (χ1v) is 8.66. The number of hydrogen-bond donors (Lipinski definition) is 2. The monoisotopic (exact) mass is 343 g/mol. The lowest BCUT2D eigenvalue weighted by molar-refractivity contribution is -0.146. The maximum absolute atomic E-state index is 11.6. The van der Waals surface area contributed by atoms with Crippen LogP contribution in [0.4, 0.5) is 11.4 Å². The number of carbonyl (C=O) groups excluding carboxylic acids is 1. The number of aryl methyl sites for hydroxylation is 2. The summed E-state index contributed by atoms with van der Waals surface area (Å²) in [5, 5.41) is 7.51. The fourth-order valence-electron chi connectivity index (χ4n) is 3.60. The predicted molar refractivity (Wildman–Crippen MR) is 97.2 cm³/mol. The average molecular weight is 343 g/mol. The van der Waals surface area contributed by atoms with E-state index in [-0.39, 0.29) is 11.9 Å². The number of hydrogen-bond acceptors (Lipinski definition) is 6. The lowest BCUT2D eigenvalue weighted by Gasteiger charge is -2.28. The van der Waals surface area contributed by atoms with Crippen molar-refractivity contribution in [3.63, 3.8) is 0 Å². The summed E-state index contributed by atoms with van der Waals surface area (Å²) in [6, 6.07) is 6.32. The molecule has 0 saturated heterocycles. The van der Waals surface area contributed by atoms with Crippen molar-refractivity contribution in [2.24, 2.45) is 5.92 Å². The van der Waals surface area contributed by atoms with Crippen molar-refractivity contribution >= 4 is 17.3 Å². The second-order valence-corrected chi connectivity index (χ2v) is 6.72. The third-order valence-electron chi connectivity index (χ3n) is 4.99. The number of rotatable bonds is 4. The van der Waals surface area contributed by atoms with E-state index in [4.69, 9.17) is 15.0 Å². The lowest BCUT2D eigenvalue weighted by Crippen LogP contribution is -2.30. The fourth-order valence-corrected chi connectivity index (χ4v) is 3.60. The number of carbonyl (C=O) groups is 1. The van der Waals surface area contributed by atoms with Crippen LogP contribution in [0.5, 0.6) is 0 Å². The SMILES string of the molecule is COC(=O)[C@H]1CC[C@H](Nc2ccc(-c3c(C)noc3C)cc2N)CC1. The van der Waals surface area contributed by atoms with Crippen molar-refractivity contribution in [2.45, 2.75) is 45.6 Å². The van der Waals surface area contributed by atoms with Crippen molar-refractivity contribution in [1.29, 1.82) is 0 Å². The van der Waals surface area contributed by atoms with Gasteiger partial charge in [-0.1, -0.05) is 11.2 Å². The van der Waals surface area contributed by atoms with Crippen LogP contribution in [-0.4, -0.2) is 24.3 Å². The zero-order valence-electron chi connectivity index (χ0n) is 15.0. The summed E-state index contributed by atoms with van der Waals surface area (Å²) in [6.45, 7) is 3.82. The quantitative estimate of drug-likeness (QED) is 0.650. The Morgan fingerprint density at radius 2 is 2.00 bits per heavy atom. The molecule has 3 rings (SSSR count). The van der Waals surface area contributed by atoms with Gasteiger partial charge in [0.15, 0.2) is 0 Å². The molecule has 0 unspecified atom stereocenters. The van der Waals surface area contributed by atoms with Crippen LogP contribution in [-0.2, 0) is 9.53 Å². The van der Waals surface area contributed by atoms with Crippen LogP contribution in [0.1, 0.15) is 37.1 Å². The zero-order chi connectivity index (χ0) is 18.0. The molecular weight excluding hydrogens is 318 g/mol. The molecule has 1 saturated carbocycles. The van der Waals surface area contributed by atoms with E-state index in [1.807, 2.05) is 32.0 Å². The molecule has 25 heavy (non-hydrogen) atoms. The maximum Gasteiger partial charge on any atom is 0.308 e. The van der Waals surface area contributed by atoms with Crippen molar-refractivity contribution in [2.75, 3.05) is 18.2 Å². The molecule has 3 N–H and O–H groups in total. The molecule has 1 aromatic heterocycles. The van der Waals surface area contributed by atoms with Gasteiger partial charge in [-0.15, -0.1) is 0 Å². The number of ether oxygens (including phenoxy) is 1. The van der Waals surface area contributed by atoms with Gasteiger partial charge >= 0.3 is 5.97 Å². The van der Waals surface area contributed by atoms with Crippen molar-refractivity contribution in [1.82, 2.24) is 5.16 Å². The Morgan fingerprint density at radius 3 is 2.56 bits per heavy atom. The Bertz CT molecular complexity index is 742. The number of methoxy groups -OCH3 is 1. The Balaban J connectivity index is 1.68. The zero-order valence-corrected chi connectivity index (χ0v) is 15.0. The van der Waals surface area contributed by atoms with Crippen LogP contribution < -0.4 is 11.1 Å². The molecule has 134 valence electrons. The first-order valence-electron chi connectivity index (χ1n) is 8.66. The molecule has 1 aliphatic rings. The number of aromatic nitrogens is 1. The minimum absolute atomic E-state index is 0.0299. The molecule has 1 heterocycles. The molecule has 0 atom stereocenters. The summed E-state index contributed by atoms with van der Waals surface area (Å²) in [6.07, 6.45) is 3.57. The molecule has 0 amide bonds. The molecule has 0 spiro atoms. The number of esters is 1. The predicted octanol–water partition coefficient (Wildman–Crippen LogP) is 3.68. The van der Waals surface area contributed by atoms with E-state index < -0.39 is 0 Å². The first kappa shape index (κ1) is 17.3. The highest BCUT2D eigenvalue weighted by atomic mass is 16.5. The molecule has 1 aliphatic carbocycles. The van der Waals surface area contributed by atoms with Gasteiger partial charge in [-0.25, -0.2) is 0 Å². The van der Waals surface area contributed by atoms with E-state index in [2.05, 4.69) is 10.5 Å². The van der Waals surface area contributed by atoms with E-state index in [1.165, 1.54) is 7.11 Å². The van der Waals surface area contributed by atoms with Crippen LogP contribution in [0.3, 0.4) is 0 Å². The largest absolute Gasteiger partial charge is 0.469 e. The van der Waals surface area contributed by atoms with Crippen LogP contribution in [0.15, 0.2) is 22.7 Å². The van der Waals surface area contributed by atoms with Crippen molar-refractivity contribution < 1.29 is 14.1 Å². The molecular formula is C19H25N3O3. The van der Waals surface area contributed by atoms with Gasteiger partial charge in [0, 0.05) is 11.6 Å². The summed E-state index contributed by atoms with van der Waals surface area (Å²) in [5.74, 6) is 0.725. The smallest absolute Gasteiger partial charge is 0.308 e. The van der Waals surface area contributed by atoms with Gasteiger partial charge in [-0.3, -0.25) is 4.79 Å². The third kappa shape index (κ3) is 3.62. The van der Waals surface area contributed by atoms with Crippen LogP contribution in [0, 0.1) is 19.8 Å². The normalized spacial score (nSPS) is 20.3. The molecule has 0 bridgehead atoms. The second kappa shape index (κ2) is 7.17. The summed E-state index contributed by atoms with van der Waals surface area (Å²) >= 11 is 0. The number of nitrogens with zero attached hydrogens (tertiary/aromatic N) is 1. The summed E-state index contributed by atoms with van der Waals surface area (Å²) in [4.78, 5) is 11.6. The third-order valence-corrected chi connectivity index (χ3v) is 4.99. The number of anilines is 2. The molecule has 0 aliphatic heterocycles. The molecule has 6 heteroatoms. The Hall–Kier alpha value is -2.50. The van der Waals surface area contributed by atoms with Gasteiger partial charge in [-0.05, 0) is 57.2 Å². The van der Waals surface area contributed by atoms with Gasteiger partial charge in [0.1, 0.15) is 5.76 Å². The van der Waals surface area contributed by atoms with Crippen LogP contribution in [0.2, 0.25) is 0 Å². The van der Waals surface area contributed by atoms with Crippen molar-refractivity contribution in [3.8, 4) is 11.1 Å². The number of nitrogens with one attached hydrogen (secondary N) is 1. The lowest BCUT2D eigenvalue weighted by atomic mass is 9.86. The molecule has 6 nitrogen and oxygen atoms in total. The Kier molecular flexibility index (Phi) is 4.97. The van der Waals surface area contributed by atoms with Gasteiger partial charge in [0.2, 0.25) is 0 Å². The van der Waals surface area contributed by atoms with Crippen LogP contribution in [0.25, 0.3) is 11.1 Å². The average Bonchev–Trinajstić information content (AvgIpc) is 2.95. The summed E-state index contributed by atoms with van der Waals surface area (Å²) < 4.78 is 10.1. The van der Waals surface area contributed by atoms with Gasteiger partial charge in [0.25, 0.3) is 0 Å². The highest BCUT2D eigenvalue weighted by Gasteiger charge is 2.27. The first-order chi connectivity index (χ1) is 12.0. The molecule has 1 aromatic carbocycles. The Labute approximate surface area is 147 Å². The highest BCUT2D eigenvalue weighted by Crippen LogP contribution is 2.33. The van der Waals surface area contributed by atoms with Gasteiger partial charge in [-0.2, -0.15) is 0 Å². The van der Waals surface area contributed by atoms with Crippen LogP contribution >= 0.6 is 0 Å². The summed E-state index contributed by atoms with van der Waals surface area (Å²) in [5.41, 5.74) is 10.7. The molecule has 1 fully saturated rings. The minimum Gasteiger partial charge on any atom is -0.469 e. The number of nitrogens with two attached hydrogens (primary N) is 1. The number of nitrogen functional groups attached to an aromatic ring is 1. The van der Waals surface area contributed by atoms with E-state index in [9.17, 15) is 4.79 Å². The van der Waals surface area contributed by atoms with Crippen molar-refractivity contribution in [3.05, 3.63) is 29.7 Å². The van der Waals surface area contributed by atoms with E-state index in [1.54, 1.807) is 0 Å². The maximum atomic E-state index is 11.6. The molecule has 0 radical (unpaired) electrons. The molecule has 2 aromatic rings. The second-order valence-electron chi connectivity index (χ2n) is 6.72. The number of benzene rings is 1. The fraction of sp³-hybridized carbons (Fsp3) is 0.474. The minimum atomic E-state index is -0.0956. The van der Waals surface area contributed by atoms with E-state index >= 15 is 0 Å². The Morgan fingerprint density at radius 1 is 1.28 bits per heavy atom. The van der Waals surface area contributed by atoms with Gasteiger partial charge < -0.3 is 20.3 Å². The van der Waals surface area contributed by atoms with E-state index in [0.29, 0.717) is 11.7 Å². The highest BCUT2D eigenvalue weighted by molar-refractivity contribution is 5.78. The topological polar surface area (TPSA) is 90.4 Å². The standard InChI is InChI=1S/C19H25N3O3/c1-11-18(12(2)25-22-11)14-6-9-17(16(20)10-14)21-15-7-4-13(5-8-15)19(23)24-3/h6,9-10,13,15,21H,4-5,7-8,20H2,1-3H3/t13-,15-.